The second kappa shape index (κ2) is 12.1. The molecular formula is C25H34N2O2. The molecule has 0 aliphatic carbocycles. The molecule has 0 fully saturated rings. The molecule has 2 rings (SSSR count). The lowest BCUT2D eigenvalue weighted by atomic mass is 10.0. The van der Waals surface area contributed by atoms with Crippen LogP contribution in [0.1, 0.15) is 56.7 Å². The summed E-state index contributed by atoms with van der Waals surface area (Å²) in [4.78, 5) is 27.4. The Bertz CT molecular complexity index is 756. The topological polar surface area (TPSA) is 49.4 Å². The van der Waals surface area contributed by atoms with Crippen molar-refractivity contribution in [1.29, 1.82) is 0 Å². The molecule has 1 unspecified atom stereocenters. The van der Waals surface area contributed by atoms with Crippen LogP contribution in [0.3, 0.4) is 0 Å². The lowest BCUT2D eigenvalue weighted by molar-refractivity contribution is -0.140. The maximum Gasteiger partial charge on any atom is 0.242 e. The molecule has 29 heavy (non-hydrogen) atoms. The number of unbranched alkanes of at least 4 members (excludes halogenated alkanes) is 1. The first-order chi connectivity index (χ1) is 14.0. The standard InChI is InChI=1S/C25H34N2O2/c1-4-6-18-26-25(29)20(3)27(19-23-10-8-7-9-11-23)24(28)17-16-22-14-12-21(5-2)13-15-22/h7-15,20H,4-6,16-19H2,1-3H3,(H,26,29). The van der Waals surface area contributed by atoms with Crippen molar-refractivity contribution in [2.45, 2.75) is 65.5 Å². The highest BCUT2D eigenvalue weighted by Gasteiger charge is 2.25. The highest BCUT2D eigenvalue weighted by Crippen LogP contribution is 2.14. The molecule has 4 nitrogen and oxygen atoms in total. The van der Waals surface area contributed by atoms with Gasteiger partial charge in [0.25, 0.3) is 0 Å². The molecule has 0 spiro atoms. The largest absolute Gasteiger partial charge is 0.354 e. The predicted octanol–water partition coefficient (Wildman–Crippen LogP) is 4.52. The van der Waals surface area contributed by atoms with Crippen molar-refractivity contribution in [2.75, 3.05) is 6.54 Å². The van der Waals surface area contributed by atoms with E-state index in [1.165, 1.54) is 5.56 Å². The summed E-state index contributed by atoms with van der Waals surface area (Å²) in [7, 11) is 0. The van der Waals surface area contributed by atoms with Gasteiger partial charge in [-0.2, -0.15) is 0 Å². The summed E-state index contributed by atoms with van der Waals surface area (Å²) in [5.74, 6) is -0.0819. The Balaban J connectivity index is 2.05. The lowest BCUT2D eigenvalue weighted by Crippen LogP contribution is -2.47. The summed E-state index contributed by atoms with van der Waals surface area (Å²) in [6.45, 7) is 7.13. The molecule has 0 saturated heterocycles. The van der Waals surface area contributed by atoms with E-state index in [2.05, 4.69) is 43.4 Å². The van der Waals surface area contributed by atoms with Gasteiger partial charge < -0.3 is 10.2 Å². The van der Waals surface area contributed by atoms with E-state index in [9.17, 15) is 9.59 Å². The molecule has 0 aliphatic rings. The molecule has 0 saturated carbocycles. The summed E-state index contributed by atoms with van der Waals surface area (Å²) in [5.41, 5.74) is 3.47. The molecule has 2 aromatic rings. The Morgan fingerprint density at radius 3 is 2.21 bits per heavy atom. The maximum absolute atomic E-state index is 13.1. The summed E-state index contributed by atoms with van der Waals surface area (Å²) < 4.78 is 0. The number of rotatable bonds is 11. The molecule has 156 valence electrons. The zero-order valence-electron chi connectivity index (χ0n) is 18.0. The molecule has 2 amide bonds. The Labute approximate surface area is 175 Å². The summed E-state index contributed by atoms with van der Waals surface area (Å²) >= 11 is 0. The number of carbonyl (C=O) groups excluding carboxylic acids is 2. The molecule has 1 atom stereocenters. The van der Waals surface area contributed by atoms with Gasteiger partial charge in [0.1, 0.15) is 6.04 Å². The van der Waals surface area contributed by atoms with E-state index >= 15 is 0 Å². The van der Waals surface area contributed by atoms with E-state index in [0.29, 0.717) is 25.9 Å². The summed E-state index contributed by atoms with van der Waals surface area (Å²) in [6, 6.07) is 17.8. The van der Waals surface area contributed by atoms with Crippen LogP contribution in [0.15, 0.2) is 54.6 Å². The van der Waals surface area contributed by atoms with Crippen molar-refractivity contribution in [2.24, 2.45) is 0 Å². The van der Waals surface area contributed by atoms with Crippen molar-refractivity contribution in [3.63, 3.8) is 0 Å². The van der Waals surface area contributed by atoms with Crippen LogP contribution in [0.4, 0.5) is 0 Å². The van der Waals surface area contributed by atoms with Crippen molar-refractivity contribution in [3.05, 3.63) is 71.3 Å². The zero-order chi connectivity index (χ0) is 21.1. The van der Waals surface area contributed by atoms with Gasteiger partial charge in [-0.15, -0.1) is 0 Å². The van der Waals surface area contributed by atoms with Crippen LogP contribution in [-0.4, -0.2) is 29.3 Å². The minimum atomic E-state index is -0.498. The first-order valence-electron chi connectivity index (χ1n) is 10.7. The van der Waals surface area contributed by atoms with Gasteiger partial charge in [-0.3, -0.25) is 9.59 Å². The van der Waals surface area contributed by atoms with E-state index in [0.717, 1.165) is 30.4 Å². The van der Waals surface area contributed by atoms with E-state index < -0.39 is 6.04 Å². The third-order valence-electron chi connectivity index (χ3n) is 5.25. The van der Waals surface area contributed by atoms with Crippen LogP contribution >= 0.6 is 0 Å². The van der Waals surface area contributed by atoms with Gasteiger partial charge in [-0.25, -0.2) is 0 Å². The zero-order valence-corrected chi connectivity index (χ0v) is 18.0. The van der Waals surface area contributed by atoms with Gasteiger partial charge in [0.2, 0.25) is 11.8 Å². The smallest absolute Gasteiger partial charge is 0.242 e. The fourth-order valence-electron chi connectivity index (χ4n) is 3.24. The summed E-state index contributed by atoms with van der Waals surface area (Å²) in [5, 5.41) is 2.96. The number of nitrogens with one attached hydrogen (secondary N) is 1. The first-order valence-corrected chi connectivity index (χ1v) is 10.7. The van der Waals surface area contributed by atoms with E-state index in [-0.39, 0.29) is 11.8 Å². The van der Waals surface area contributed by atoms with Crippen LogP contribution in [0.5, 0.6) is 0 Å². The van der Waals surface area contributed by atoms with Gasteiger partial charge in [0.15, 0.2) is 0 Å². The van der Waals surface area contributed by atoms with Crippen molar-refractivity contribution in [3.8, 4) is 0 Å². The predicted molar refractivity (Wildman–Crippen MR) is 119 cm³/mol. The van der Waals surface area contributed by atoms with E-state index in [4.69, 9.17) is 0 Å². The minimum Gasteiger partial charge on any atom is -0.354 e. The number of aryl methyl sites for hydroxylation is 2. The van der Waals surface area contributed by atoms with Gasteiger partial charge in [0, 0.05) is 19.5 Å². The quantitative estimate of drug-likeness (QED) is 0.570. The SMILES string of the molecule is CCCCNC(=O)C(C)N(Cc1ccccc1)C(=O)CCc1ccc(CC)cc1. The fraction of sp³-hybridized carbons (Fsp3) is 0.440. The van der Waals surface area contributed by atoms with Crippen LogP contribution in [0.2, 0.25) is 0 Å². The highest BCUT2D eigenvalue weighted by molar-refractivity contribution is 5.87. The highest BCUT2D eigenvalue weighted by atomic mass is 16.2. The van der Waals surface area contributed by atoms with Gasteiger partial charge in [-0.1, -0.05) is 74.9 Å². The van der Waals surface area contributed by atoms with Crippen LogP contribution in [0.25, 0.3) is 0 Å². The minimum absolute atomic E-state index is 0.00608. The number of benzene rings is 2. The molecule has 2 aromatic carbocycles. The van der Waals surface area contributed by atoms with Crippen LogP contribution in [0, 0.1) is 0 Å². The molecular weight excluding hydrogens is 360 g/mol. The van der Waals surface area contributed by atoms with Crippen LogP contribution < -0.4 is 5.32 Å². The van der Waals surface area contributed by atoms with Crippen LogP contribution in [-0.2, 0) is 29.0 Å². The molecule has 1 N–H and O–H groups in total. The number of nitrogens with zero attached hydrogens (tertiary/aromatic N) is 1. The number of hydrogen-bond acceptors (Lipinski definition) is 2. The Morgan fingerprint density at radius 2 is 1.59 bits per heavy atom. The molecule has 0 aromatic heterocycles. The molecule has 4 heteroatoms. The average molecular weight is 395 g/mol. The first kappa shape index (κ1) is 22.7. The van der Waals surface area contributed by atoms with Gasteiger partial charge in [-0.05, 0) is 42.9 Å². The number of carbonyl (C=O) groups is 2. The maximum atomic E-state index is 13.1. The molecule has 0 heterocycles. The van der Waals surface area contributed by atoms with E-state index in [1.54, 1.807) is 4.90 Å². The Morgan fingerprint density at radius 1 is 0.931 bits per heavy atom. The third-order valence-corrected chi connectivity index (χ3v) is 5.25. The second-order valence-electron chi connectivity index (χ2n) is 7.50. The molecule has 0 bridgehead atoms. The molecule has 0 aliphatic heterocycles. The van der Waals surface area contributed by atoms with E-state index in [1.807, 2.05) is 37.3 Å². The monoisotopic (exact) mass is 394 g/mol. The molecule has 0 radical (unpaired) electrons. The second-order valence-corrected chi connectivity index (χ2v) is 7.50. The third kappa shape index (κ3) is 7.37. The lowest BCUT2D eigenvalue weighted by Gasteiger charge is -2.29. The Hall–Kier alpha value is -2.62. The fourth-order valence-corrected chi connectivity index (χ4v) is 3.24. The van der Waals surface area contributed by atoms with Gasteiger partial charge >= 0.3 is 0 Å². The number of hydrogen-bond donors (Lipinski definition) is 1. The Kier molecular flexibility index (Phi) is 9.42. The van der Waals surface area contributed by atoms with Gasteiger partial charge in [0.05, 0.1) is 0 Å². The number of amides is 2. The van der Waals surface area contributed by atoms with Crippen molar-refractivity contribution >= 4 is 11.8 Å². The average Bonchev–Trinajstić information content (AvgIpc) is 2.76. The normalized spacial score (nSPS) is 11.7. The van der Waals surface area contributed by atoms with Crippen molar-refractivity contribution in [1.82, 2.24) is 10.2 Å². The van der Waals surface area contributed by atoms with Crippen molar-refractivity contribution < 1.29 is 9.59 Å². The summed E-state index contributed by atoms with van der Waals surface area (Å²) in [6.07, 6.45) is 4.05.